The Balaban J connectivity index is 1.82. The molecule has 0 saturated heterocycles. The second-order valence-corrected chi connectivity index (χ2v) is 12.9. The number of hydrogen-bond donors (Lipinski definition) is 1. The molecule has 0 aliphatic rings. The lowest BCUT2D eigenvalue weighted by Crippen LogP contribution is -2.54. The Morgan fingerprint density at radius 2 is 1.46 bits per heavy atom. The molecule has 2 atom stereocenters. The number of rotatable bonds is 14. The van der Waals surface area contributed by atoms with Gasteiger partial charge in [-0.25, -0.2) is 8.42 Å². The quantitative estimate of drug-likeness (QED) is 0.140. The fraction of sp³-hybridized carbons (Fsp3) is 0.257. The number of sulfonamides is 1. The Bertz CT molecular complexity index is 1750. The molecule has 4 aromatic rings. The third-order valence-electron chi connectivity index (χ3n) is 7.83. The SMILES string of the molecule is CCC(C)NC(=O)C(Cc1ccccc1)N(Cc1ccccc1C)C(=O)CN(c1ccc([N+](=O)[O-])cc1)S(=O)(=O)c1ccccc1. The maximum Gasteiger partial charge on any atom is 0.269 e. The van der Waals surface area contributed by atoms with E-state index in [1.807, 2.05) is 75.4 Å². The van der Waals surface area contributed by atoms with Crippen LogP contribution >= 0.6 is 0 Å². The highest BCUT2D eigenvalue weighted by Gasteiger charge is 2.35. The number of anilines is 1. The maximum atomic E-state index is 14.5. The highest BCUT2D eigenvalue weighted by atomic mass is 32.2. The first-order valence-corrected chi connectivity index (χ1v) is 16.5. The van der Waals surface area contributed by atoms with Gasteiger partial charge in [-0.1, -0.05) is 79.7 Å². The molecule has 4 aromatic carbocycles. The van der Waals surface area contributed by atoms with Crippen LogP contribution in [0.15, 0.2) is 114 Å². The van der Waals surface area contributed by atoms with E-state index in [0.717, 1.165) is 21.0 Å². The van der Waals surface area contributed by atoms with E-state index in [-0.39, 0.29) is 41.2 Å². The van der Waals surface area contributed by atoms with Gasteiger partial charge in [0.25, 0.3) is 15.7 Å². The number of amides is 2. The van der Waals surface area contributed by atoms with E-state index in [2.05, 4.69) is 5.32 Å². The molecule has 240 valence electrons. The molecule has 0 heterocycles. The van der Waals surface area contributed by atoms with Gasteiger partial charge in [-0.3, -0.25) is 24.0 Å². The molecule has 10 nitrogen and oxygen atoms in total. The van der Waals surface area contributed by atoms with Crippen molar-refractivity contribution in [2.75, 3.05) is 10.8 Å². The predicted octanol–water partition coefficient (Wildman–Crippen LogP) is 5.65. The Morgan fingerprint density at radius 3 is 2.04 bits per heavy atom. The number of carbonyl (C=O) groups is 2. The van der Waals surface area contributed by atoms with Crippen molar-refractivity contribution in [3.63, 3.8) is 0 Å². The standard InChI is InChI=1S/C35H38N4O6S/c1-4-27(3)36-35(41)33(23-28-14-7-5-8-15-28)37(24-29-16-12-11-13-26(29)2)34(40)25-38(30-19-21-31(22-20-30)39(42)43)46(44,45)32-17-9-6-10-18-32/h5-22,27,33H,4,23-25H2,1-3H3,(H,36,41). The molecule has 0 aromatic heterocycles. The van der Waals surface area contributed by atoms with Gasteiger partial charge in [0, 0.05) is 31.1 Å². The molecule has 11 heteroatoms. The number of nitro benzene ring substituents is 1. The summed E-state index contributed by atoms with van der Waals surface area (Å²) in [6.45, 7) is 5.14. The summed E-state index contributed by atoms with van der Waals surface area (Å²) in [5.41, 5.74) is 2.39. The average molecular weight is 643 g/mol. The van der Waals surface area contributed by atoms with Crippen molar-refractivity contribution in [3.8, 4) is 0 Å². The molecule has 4 rings (SSSR count). The minimum Gasteiger partial charge on any atom is -0.352 e. The summed E-state index contributed by atoms with van der Waals surface area (Å²) in [6.07, 6.45) is 0.877. The monoisotopic (exact) mass is 642 g/mol. The van der Waals surface area contributed by atoms with Crippen molar-refractivity contribution in [1.29, 1.82) is 0 Å². The van der Waals surface area contributed by atoms with Crippen LogP contribution in [0.5, 0.6) is 0 Å². The number of nitrogens with zero attached hydrogens (tertiary/aromatic N) is 3. The van der Waals surface area contributed by atoms with Gasteiger partial charge in [-0.15, -0.1) is 0 Å². The van der Waals surface area contributed by atoms with Crippen molar-refractivity contribution in [3.05, 3.63) is 136 Å². The highest BCUT2D eigenvalue weighted by Crippen LogP contribution is 2.27. The van der Waals surface area contributed by atoms with Crippen LogP contribution in [-0.2, 0) is 32.6 Å². The van der Waals surface area contributed by atoms with Gasteiger partial charge >= 0.3 is 0 Å². The van der Waals surface area contributed by atoms with Gasteiger partial charge in [0.1, 0.15) is 12.6 Å². The van der Waals surface area contributed by atoms with Crippen LogP contribution in [0.4, 0.5) is 11.4 Å². The zero-order chi connectivity index (χ0) is 33.3. The van der Waals surface area contributed by atoms with Crippen LogP contribution in [0.1, 0.15) is 37.0 Å². The first-order valence-electron chi connectivity index (χ1n) is 15.0. The summed E-state index contributed by atoms with van der Waals surface area (Å²) in [5.74, 6) is -0.964. The molecule has 0 aliphatic heterocycles. The zero-order valence-electron chi connectivity index (χ0n) is 26.1. The fourth-order valence-corrected chi connectivity index (χ4v) is 6.39. The lowest BCUT2D eigenvalue weighted by Gasteiger charge is -2.34. The molecule has 0 aliphatic carbocycles. The molecular formula is C35H38N4O6S. The number of nitrogens with one attached hydrogen (secondary N) is 1. The Hall–Kier alpha value is -5.03. The van der Waals surface area contributed by atoms with Gasteiger partial charge < -0.3 is 10.2 Å². The maximum absolute atomic E-state index is 14.5. The predicted molar refractivity (Wildman–Crippen MR) is 178 cm³/mol. The third-order valence-corrected chi connectivity index (χ3v) is 9.62. The van der Waals surface area contributed by atoms with E-state index < -0.39 is 33.4 Å². The second-order valence-electron chi connectivity index (χ2n) is 11.1. The summed E-state index contributed by atoms with van der Waals surface area (Å²) in [6, 6.07) is 28.4. The van der Waals surface area contributed by atoms with Crippen LogP contribution in [0.3, 0.4) is 0 Å². The normalized spacial score (nSPS) is 12.5. The Kier molecular flexibility index (Phi) is 11.3. The van der Waals surface area contributed by atoms with E-state index in [9.17, 15) is 28.1 Å². The first-order chi connectivity index (χ1) is 22.0. The van der Waals surface area contributed by atoms with Crippen LogP contribution in [0.2, 0.25) is 0 Å². The summed E-state index contributed by atoms with van der Waals surface area (Å²) < 4.78 is 29.0. The van der Waals surface area contributed by atoms with E-state index in [1.165, 1.54) is 41.3 Å². The molecule has 46 heavy (non-hydrogen) atoms. The number of carbonyl (C=O) groups excluding carboxylic acids is 2. The summed E-state index contributed by atoms with van der Waals surface area (Å²) in [7, 11) is -4.31. The molecule has 2 amide bonds. The van der Waals surface area contributed by atoms with Gasteiger partial charge in [0.05, 0.1) is 15.5 Å². The lowest BCUT2D eigenvalue weighted by molar-refractivity contribution is -0.384. The molecular weight excluding hydrogens is 604 g/mol. The molecule has 0 fully saturated rings. The number of benzene rings is 4. The molecule has 2 unspecified atom stereocenters. The Labute approximate surface area is 269 Å². The minimum absolute atomic E-state index is 0.0520. The van der Waals surface area contributed by atoms with E-state index in [4.69, 9.17) is 0 Å². The molecule has 0 radical (unpaired) electrons. The van der Waals surface area contributed by atoms with E-state index >= 15 is 0 Å². The van der Waals surface area contributed by atoms with Crippen molar-refractivity contribution in [1.82, 2.24) is 10.2 Å². The van der Waals surface area contributed by atoms with Gasteiger partial charge in [-0.05, 0) is 61.2 Å². The number of non-ortho nitro benzene ring substituents is 1. The zero-order valence-corrected chi connectivity index (χ0v) is 26.9. The Morgan fingerprint density at radius 1 is 0.870 bits per heavy atom. The van der Waals surface area contributed by atoms with Crippen molar-refractivity contribution < 1.29 is 22.9 Å². The first kappa shape index (κ1) is 33.9. The number of nitro groups is 1. The van der Waals surface area contributed by atoms with Crippen LogP contribution < -0.4 is 9.62 Å². The molecule has 0 spiro atoms. The number of aryl methyl sites for hydroxylation is 1. The van der Waals surface area contributed by atoms with E-state index in [0.29, 0.717) is 6.42 Å². The summed E-state index contributed by atoms with van der Waals surface area (Å²) in [5, 5.41) is 14.3. The summed E-state index contributed by atoms with van der Waals surface area (Å²) >= 11 is 0. The topological polar surface area (TPSA) is 130 Å². The van der Waals surface area contributed by atoms with Crippen molar-refractivity contribution in [2.45, 2.75) is 57.1 Å². The molecule has 0 bridgehead atoms. The fourth-order valence-electron chi connectivity index (χ4n) is 4.96. The summed E-state index contributed by atoms with van der Waals surface area (Å²) in [4.78, 5) is 40.6. The number of hydrogen-bond acceptors (Lipinski definition) is 6. The van der Waals surface area contributed by atoms with Crippen molar-refractivity contribution in [2.24, 2.45) is 0 Å². The lowest BCUT2D eigenvalue weighted by atomic mass is 10.0. The highest BCUT2D eigenvalue weighted by molar-refractivity contribution is 7.92. The van der Waals surface area contributed by atoms with Gasteiger partial charge in [0.2, 0.25) is 11.8 Å². The van der Waals surface area contributed by atoms with E-state index in [1.54, 1.807) is 18.2 Å². The van der Waals surface area contributed by atoms with Crippen LogP contribution in [-0.4, -0.2) is 48.7 Å². The van der Waals surface area contributed by atoms with Crippen molar-refractivity contribution >= 4 is 33.2 Å². The molecule has 0 saturated carbocycles. The molecule has 1 N–H and O–H groups in total. The second kappa shape index (κ2) is 15.3. The largest absolute Gasteiger partial charge is 0.352 e. The van der Waals surface area contributed by atoms with Gasteiger partial charge in [-0.2, -0.15) is 0 Å². The minimum atomic E-state index is -4.31. The van der Waals surface area contributed by atoms with Crippen LogP contribution in [0.25, 0.3) is 0 Å². The van der Waals surface area contributed by atoms with Crippen LogP contribution in [0, 0.1) is 17.0 Å². The third kappa shape index (κ3) is 8.36. The van der Waals surface area contributed by atoms with Gasteiger partial charge in [0.15, 0.2) is 0 Å². The smallest absolute Gasteiger partial charge is 0.269 e. The average Bonchev–Trinajstić information content (AvgIpc) is 3.06.